The highest BCUT2D eigenvalue weighted by Crippen LogP contribution is 2.30. The van der Waals surface area contributed by atoms with Gasteiger partial charge < -0.3 is 40.5 Å². The predicted molar refractivity (Wildman–Crippen MR) is 278 cm³/mol. The van der Waals surface area contributed by atoms with Crippen LogP contribution in [0.1, 0.15) is 111 Å². The van der Waals surface area contributed by atoms with Crippen LogP contribution in [0.3, 0.4) is 0 Å². The zero-order valence-electron chi connectivity index (χ0n) is 43.2. The first-order valence-corrected chi connectivity index (χ1v) is 26.1. The smallest absolute Gasteiger partial charge is 0.246 e. The maximum Gasteiger partial charge on any atom is 0.246 e. The molecule has 71 heavy (non-hydrogen) atoms. The number of carbonyl (C=O) groups is 7. The molecule has 4 aromatic rings. The summed E-state index contributed by atoms with van der Waals surface area (Å²) in [6.07, 6.45) is 6.79. The minimum absolute atomic E-state index is 0.0244. The third-order valence-corrected chi connectivity index (χ3v) is 14.9. The first-order valence-electron chi connectivity index (χ1n) is 25.3. The number of thiazole rings is 1. The van der Waals surface area contributed by atoms with Crippen LogP contribution < -0.4 is 21.3 Å². The predicted octanol–water partition coefficient (Wildman–Crippen LogP) is 5.86. The third-order valence-electron chi connectivity index (χ3n) is 14.1. The molecule has 7 amide bonds. The van der Waals surface area contributed by atoms with Crippen molar-refractivity contribution in [3.05, 3.63) is 78.0 Å². The Balaban J connectivity index is 1.48. The molecule has 2 saturated heterocycles. The van der Waals surface area contributed by atoms with Gasteiger partial charge in [0.05, 0.1) is 21.3 Å². The lowest BCUT2D eigenvalue weighted by atomic mass is 9.95. The molecule has 4 heterocycles. The van der Waals surface area contributed by atoms with Gasteiger partial charge in [0.1, 0.15) is 42.3 Å². The molecule has 6 rings (SSSR count). The second-order valence-electron chi connectivity index (χ2n) is 20.9. The second kappa shape index (κ2) is 23.4. The summed E-state index contributed by atoms with van der Waals surface area (Å²) in [6.45, 7) is 19.7. The zero-order valence-corrected chi connectivity index (χ0v) is 44.1. The first-order chi connectivity index (χ1) is 33.6. The summed E-state index contributed by atoms with van der Waals surface area (Å²) in [4.78, 5) is 112. The Bertz CT molecular complexity index is 2600. The lowest BCUT2D eigenvalue weighted by Crippen LogP contribution is -2.62. The molecule has 2 bridgehead atoms. The van der Waals surface area contributed by atoms with Gasteiger partial charge in [-0.25, -0.2) is 4.98 Å². The van der Waals surface area contributed by atoms with E-state index >= 15 is 4.79 Å². The van der Waals surface area contributed by atoms with Crippen LogP contribution in [-0.4, -0.2) is 129 Å². The summed E-state index contributed by atoms with van der Waals surface area (Å²) in [7, 11) is 3.06. The summed E-state index contributed by atoms with van der Waals surface area (Å²) in [5, 5.41) is 12.7. The molecule has 17 heteroatoms. The summed E-state index contributed by atoms with van der Waals surface area (Å²) < 4.78 is 2.98. The average Bonchev–Trinajstić information content (AvgIpc) is 3.97. The third kappa shape index (κ3) is 12.7. The maximum absolute atomic E-state index is 15.4. The van der Waals surface area contributed by atoms with E-state index in [9.17, 15) is 28.8 Å². The second-order valence-corrected chi connectivity index (χ2v) is 21.8. The summed E-state index contributed by atoms with van der Waals surface area (Å²) in [5.74, 6) is -3.91. The number of allylic oxidation sites excluding steroid dienone is 1. The molecule has 0 unspecified atom stereocenters. The number of nitrogens with one attached hydrogen (secondary N) is 4. The molecule has 2 aromatic heterocycles. The van der Waals surface area contributed by atoms with E-state index in [1.165, 1.54) is 40.1 Å². The number of amides is 7. The quantitative estimate of drug-likeness (QED) is 0.120. The van der Waals surface area contributed by atoms with E-state index in [0.717, 1.165) is 32.2 Å². The molecule has 0 aliphatic carbocycles. The summed E-state index contributed by atoms with van der Waals surface area (Å²) in [5.41, 5.74) is 4.40. The number of benzene rings is 2. The van der Waals surface area contributed by atoms with E-state index in [-0.39, 0.29) is 44.1 Å². The van der Waals surface area contributed by atoms with Crippen LogP contribution in [0, 0.1) is 11.8 Å². The van der Waals surface area contributed by atoms with Gasteiger partial charge in [0, 0.05) is 50.6 Å². The van der Waals surface area contributed by atoms with Crippen molar-refractivity contribution < 1.29 is 33.6 Å². The lowest BCUT2D eigenvalue weighted by Gasteiger charge is -2.41. The van der Waals surface area contributed by atoms with Crippen molar-refractivity contribution in [2.75, 3.05) is 20.6 Å². The molecule has 16 nitrogen and oxygen atoms in total. The molecule has 4 N–H and O–H groups in total. The van der Waals surface area contributed by atoms with Gasteiger partial charge in [0.15, 0.2) is 0 Å². The molecular formula is C54H75N9O7S. The fraction of sp³-hybridized carbons (Fsp3) is 0.556. The van der Waals surface area contributed by atoms with Gasteiger partial charge >= 0.3 is 0 Å². The van der Waals surface area contributed by atoms with Crippen LogP contribution >= 0.6 is 11.3 Å². The molecule has 0 radical (unpaired) electrons. The highest BCUT2D eigenvalue weighted by Gasteiger charge is 2.43. The summed E-state index contributed by atoms with van der Waals surface area (Å²) in [6, 6.07) is 5.82. The van der Waals surface area contributed by atoms with Crippen LogP contribution in [0.4, 0.5) is 0 Å². The molecular weight excluding hydrogens is 919 g/mol. The minimum Gasteiger partial charge on any atom is -0.343 e. The van der Waals surface area contributed by atoms with Crippen molar-refractivity contribution >= 4 is 73.8 Å². The van der Waals surface area contributed by atoms with E-state index in [1.54, 1.807) is 12.4 Å². The number of likely N-dealkylation sites (N-methyl/N-ethyl adjacent to an activating group) is 2. The van der Waals surface area contributed by atoms with Gasteiger partial charge in [0.2, 0.25) is 41.4 Å². The van der Waals surface area contributed by atoms with Crippen molar-refractivity contribution in [3.63, 3.8) is 0 Å². The fourth-order valence-electron chi connectivity index (χ4n) is 9.86. The molecule has 7 atom stereocenters. The Labute approximate surface area is 422 Å². The van der Waals surface area contributed by atoms with Crippen LogP contribution in [-0.2, 0) is 51.9 Å². The largest absolute Gasteiger partial charge is 0.343 e. The lowest BCUT2D eigenvalue weighted by molar-refractivity contribution is -0.153. The van der Waals surface area contributed by atoms with Crippen LogP contribution in [0.5, 0.6) is 0 Å². The number of unbranched alkanes of at least 4 members (excludes halogenated alkanes) is 1. The Morgan fingerprint density at radius 1 is 0.789 bits per heavy atom. The number of para-hydroxylation sites is 1. The Hall–Kier alpha value is -6.10. The Kier molecular flexibility index (Phi) is 17.9. The van der Waals surface area contributed by atoms with Crippen molar-refractivity contribution in [3.8, 4) is 0 Å². The summed E-state index contributed by atoms with van der Waals surface area (Å²) >= 11 is 1.44. The van der Waals surface area contributed by atoms with Crippen molar-refractivity contribution in [1.82, 2.24) is 45.5 Å². The van der Waals surface area contributed by atoms with Gasteiger partial charge in [-0.05, 0) is 94.0 Å². The minimum atomic E-state index is -1.22. The standard InChI is InChI=1S/C54H75N9O7S/c1-12-14-19-39-47(64)59-41(29-36-30-63(54(8,9)13-2)42-20-16-15-18-37(36)42)52(69)61(11)44(25-32(3)4)49(66)58-40(27-35-22-23-38-46(28-35)71-31-55-38)48(65)56-34(7)51(68)60(10)43-21-17-24-62(53(43)70)45(26-33(5)6)50(67)57-39/h13,15-16,18,20,22-23,28,30-34,39-41,43-45H,2,12,14,17,19,21,24-27,29H2,1,3-11H3,(H,56,65)(H,57,67)(H,58,66)(H,59,64)/t34-,39-,40-,41-,43-,44-,45-/m0/s1. The van der Waals surface area contributed by atoms with Crippen LogP contribution in [0.2, 0.25) is 0 Å². The molecule has 2 aromatic carbocycles. The van der Waals surface area contributed by atoms with Gasteiger partial charge in [-0.1, -0.05) is 77.8 Å². The normalized spacial score (nSPS) is 24.0. The zero-order chi connectivity index (χ0) is 51.9. The highest BCUT2D eigenvalue weighted by atomic mass is 32.1. The van der Waals surface area contributed by atoms with Gasteiger partial charge in [-0.2, -0.15) is 0 Å². The monoisotopic (exact) mass is 994 g/mol. The topological polar surface area (TPSA) is 195 Å². The highest BCUT2D eigenvalue weighted by molar-refractivity contribution is 7.16. The van der Waals surface area contributed by atoms with E-state index in [4.69, 9.17) is 0 Å². The Morgan fingerprint density at radius 3 is 2.13 bits per heavy atom. The van der Waals surface area contributed by atoms with Crippen LogP contribution in [0.15, 0.2) is 66.8 Å². The molecule has 0 saturated carbocycles. The van der Waals surface area contributed by atoms with E-state index in [1.807, 2.05) is 103 Å². The average molecular weight is 994 g/mol. The number of carbonyl (C=O) groups excluding carboxylic acids is 7. The van der Waals surface area contributed by atoms with E-state index in [2.05, 4.69) is 37.4 Å². The first kappa shape index (κ1) is 54.2. The number of hydrogen-bond donors (Lipinski definition) is 4. The van der Waals surface area contributed by atoms with Gasteiger partial charge in [-0.15, -0.1) is 17.9 Å². The van der Waals surface area contributed by atoms with E-state index in [0.29, 0.717) is 32.1 Å². The Morgan fingerprint density at radius 2 is 1.44 bits per heavy atom. The molecule has 2 fully saturated rings. The van der Waals surface area contributed by atoms with Gasteiger partial charge in [-0.3, -0.25) is 33.6 Å². The number of aromatic nitrogens is 2. The number of rotatable bonds is 13. The van der Waals surface area contributed by atoms with Crippen LogP contribution in [0.25, 0.3) is 21.1 Å². The van der Waals surface area contributed by atoms with Crippen molar-refractivity contribution in [2.24, 2.45) is 11.8 Å². The maximum atomic E-state index is 15.4. The SMILES string of the molecule is C=CC(C)(C)n1cc(C[C@@H]2NC(=O)[C@H](CCCC)NC(=O)[C@H](CC(C)C)N3CCC[C@@H](C3=O)N(C)C(=O)[C@H](C)NC(=O)[C@H](Cc3ccc4ncsc4c3)NC(=O)[C@H](CC(C)C)N(C)C2=O)c2ccccc21. The molecule has 0 spiro atoms. The molecule has 2 aliphatic heterocycles. The fourth-order valence-corrected chi connectivity index (χ4v) is 10.6. The molecule has 2 aliphatic rings. The number of piperidine rings is 1. The van der Waals surface area contributed by atoms with Gasteiger partial charge in [0.25, 0.3) is 0 Å². The number of hydrogen-bond acceptors (Lipinski definition) is 9. The number of fused-ring (bicyclic) bond motifs is 4. The van der Waals surface area contributed by atoms with Crippen molar-refractivity contribution in [2.45, 2.75) is 161 Å². The molecule has 384 valence electrons. The van der Waals surface area contributed by atoms with Crippen molar-refractivity contribution in [1.29, 1.82) is 0 Å². The number of nitrogens with zero attached hydrogens (tertiary/aromatic N) is 5. The van der Waals surface area contributed by atoms with E-state index < -0.39 is 89.2 Å².